The lowest BCUT2D eigenvalue weighted by Gasteiger charge is -2.20. The van der Waals surface area contributed by atoms with E-state index in [1.807, 2.05) is 24.3 Å². The lowest BCUT2D eigenvalue weighted by Crippen LogP contribution is -2.39. The molecule has 0 unspecified atom stereocenters. The monoisotopic (exact) mass is 364 g/mol. The SMILES string of the molecule is CCNC(=NCCCCN(C)C(C)C)NCCOc1ccc(OC)cc1. The van der Waals surface area contributed by atoms with Gasteiger partial charge in [-0.1, -0.05) is 0 Å². The average Bonchev–Trinajstić information content (AvgIpc) is 2.64. The number of hydrogen-bond acceptors (Lipinski definition) is 4. The fourth-order valence-corrected chi connectivity index (χ4v) is 2.27. The van der Waals surface area contributed by atoms with E-state index in [4.69, 9.17) is 9.47 Å². The normalized spacial score (nSPS) is 11.7. The number of guanidine groups is 1. The highest BCUT2D eigenvalue weighted by molar-refractivity contribution is 5.79. The largest absolute Gasteiger partial charge is 0.497 e. The Hall–Kier alpha value is -1.95. The summed E-state index contributed by atoms with van der Waals surface area (Å²) in [6.45, 7) is 10.6. The molecule has 0 aromatic heterocycles. The molecule has 1 aromatic rings. The van der Waals surface area contributed by atoms with E-state index in [-0.39, 0.29) is 0 Å². The Morgan fingerprint density at radius 3 is 2.42 bits per heavy atom. The summed E-state index contributed by atoms with van der Waals surface area (Å²) in [5, 5.41) is 6.58. The molecule has 0 aliphatic carbocycles. The van der Waals surface area contributed by atoms with Crippen molar-refractivity contribution in [2.75, 3.05) is 46.9 Å². The van der Waals surface area contributed by atoms with Gasteiger partial charge in [-0.2, -0.15) is 0 Å². The Labute approximate surface area is 159 Å². The molecular weight excluding hydrogens is 328 g/mol. The number of benzene rings is 1. The van der Waals surface area contributed by atoms with Crippen molar-refractivity contribution in [1.29, 1.82) is 0 Å². The zero-order valence-corrected chi connectivity index (χ0v) is 17.0. The van der Waals surface area contributed by atoms with Gasteiger partial charge in [0.15, 0.2) is 5.96 Å². The van der Waals surface area contributed by atoms with Gasteiger partial charge in [-0.05, 0) is 71.5 Å². The van der Waals surface area contributed by atoms with Crippen molar-refractivity contribution >= 4 is 5.96 Å². The first-order chi connectivity index (χ1) is 12.6. The van der Waals surface area contributed by atoms with E-state index in [1.54, 1.807) is 7.11 Å². The number of rotatable bonds is 12. The summed E-state index contributed by atoms with van der Waals surface area (Å²) >= 11 is 0. The summed E-state index contributed by atoms with van der Waals surface area (Å²) in [4.78, 5) is 6.99. The highest BCUT2D eigenvalue weighted by Crippen LogP contribution is 2.16. The maximum absolute atomic E-state index is 5.72. The van der Waals surface area contributed by atoms with Crippen LogP contribution in [0.5, 0.6) is 11.5 Å². The molecule has 6 heteroatoms. The fourth-order valence-electron chi connectivity index (χ4n) is 2.27. The fraction of sp³-hybridized carbons (Fsp3) is 0.650. The average molecular weight is 365 g/mol. The number of nitrogens with zero attached hydrogens (tertiary/aromatic N) is 2. The van der Waals surface area contributed by atoms with Crippen molar-refractivity contribution in [2.24, 2.45) is 4.99 Å². The Kier molecular flexibility index (Phi) is 11.3. The van der Waals surface area contributed by atoms with E-state index < -0.39 is 0 Å². The second-order valence-corrected chi connectivity index (χ2v) is 6.49. The van der Waals surface area contributed by atoms with Gasteiger partial charge in [-0.3, -0.25) is 4.99 Å². The zero-order valence-electron chi connectivity index (χ0n) is 17.0. The van der Waals surface area contributed by atoms with E-state index in [2.05, 4.69) is 48.3 Å². The molecule has 148 valence electrons. The molecule has 0 bridgehead atoms. The first kappa shape index (κ1) is 22.1. The third-order valence-electron chi connectivity index (χ3n) is 4.14. The number of unbranched alkanes of at least 4 members (excludes halogenated alkanes) is 1. The quantitative estimate of drug-likeness (QED) is 0.339. The van der Waals surface area contributed by atoms with Crippen LogP contribution >= 0.6 is 0 Å². The van der Waals surface area contributed by atoms with E-state index >= 15 is 0 Å². The number of nitrogens with one attached hydrogen (secondary N) is 2. The first-order valence-corrected chi connectivity index (χ1v) is 9.56. The number of ether oxygens (including phenoxy) is 2. The van der Waals surface area contributed by atoms with Gasteiger partial charge >= 0.3 is 0 Å². The molecule has 26 heavy (non-hydrogen) atoms. The van der Waals surface area contributed by atoms with Crippen molar-refractivity contribution in [3.63, 3.8) is 0 Å². The molecule has 0 amide bonds. The minimum Gasteiger partial charge on any atom is -0.497 e. The van der Waals surface area contributed by atoms with Crippen LogP contribution < -0.4 is 20.1 Å². The molecule has 0 radical (unpaired) electrons. The van der Waals surface area contributed by atoms with Crippen molar-refractivity contribution in [3.05, 3.63) is 24.3 Å². The summed E-state index contributed by atoms with van der Waals surface area (Å²) in [6, 6.07) is 8.21. The van der Waals surface area contributed by atoms with Crippen molar-refractivity contribution in [1.82, 2.24) is 15.5 Å². The van der Waals surface area contributed by atoms with E-state index in [0.717, 1.165) is 49.9 Å². The summed E-state index contributed by atoms with van der Waals surface area (Å²) in [5.41, 5.74) is 0. The second kappa shape index (κ2) is 13.3. The lowest BCUT2D eigenvalue weighted by atomic mass is 10.2. The molecule has 0 saturated heterocycles. The van der Waals surface area contributed by atoms with Crippen LogP contribution in [0.4, 0.5) is 0 Å². The predicted octanol–water partition coefficient (Wildman–Crippen LogP) is 2.75. The molecule has 0 fully saturated rings. The standard InChI is InChI=1S/C20H36N4O2/c1-6-21-20(22-13-7-8-15-24(4)17(2)3)23-14-16-26-19-11-9-18(25-5)10-12-19/h9-12,17H,6-8,13-16H2,1-5H3,(H2,21,22,23). The molecular formula is C20H36N4O2. The second-order valence-electron chi connectivity index (χ2n) is 6.49. The van der Waals surface area contributed by atoms with Crippen molar-refractivity contribution in [2.45, 2.75) is 39.7 Å². The van der Waals surface area contributed by atoms with Crippen LogP contribution in [0.2, 0.25) is 0 Å². The zero-order chi connectivity index (χ0) is 19.2. The van der Waals surface area contributed by atoms with Gasteiger partial charge < -0.3 is 25.0 Å². The Bertz CT molecular complexity index is 503. The van der Waals surface area contributed by atoms with Gasteiger partial charge in [-0.15, -0.1) is 0 Å². The Morgan fingerprint density at radius 1 is 1.12 bits per heavy atom. The van der Waals surface area contributed by atoms with E-state index in [1.165, 1.54) is 0 Å². The van der Waals surface area contributed by atoms with Gasteiger partial charge in [0.1, 0.15) is 18.1 Å². The van der Waals surface area contributed by atoms with E-state index in [0.29, 0.717) is 19.2 Å². The molecule has 0 heterocycles. The molecule has 1 rings (SSSR count). The minimum absolute atomic E-state index is 0.579. The summed E-state index contributed by atoms with van der Waals surface area (Å²) in [6.07, 6.45) is 2.26. The van der Waals surface area contributed by atoms with Gasteiger partial charge in [0.25, 0.3) is 0 Å². The maximum Gasteiger partial charge on any atom is 0.191 e. The molecule has 0 atom stereocenters. The van der Waals surface area contributed by atoms with Gasteiger partial charge in [0.05, 0.1) is 13.7 Å². The third-order valence-corrected chi connectivity index (χ3v) is 4.14. The predicted molar refractivity (Wildman–Crippen MR) is 109 cm³/mol. The lowest BCUT2D eigenvalue weighted by molar-refractivity contribution is 0.269. The molecule has 6 nitrogen and oxygen atoms in total. The van der Waals surface area contributed by atoms with Crippen molar-refractivity contribution in [3.8, 4) is 11.5 Å². The minimum atomic E-state index is 0.579. The Balaban J connectivity index is 2.24. The van der Waals surface area contributed by atoms with Gasteiger partial charge in [0.2, 0.25) is 0 Å². The maximum atomic E-state index is 5.72. The van der Waals surface area contributed by atoms with Crippen LogP contribution in [-0.2, 0) is 0 Å². The van der Waals surface area contributed by atoms with Crippen LogP contribution in [0.1, 0.15) is 33.6 Å². The number of methoxy groups -OCH3 is 1. The van der Waals surface area contributed by atoms with Crippen LogP contribution in [0.25, 0.3) is 0 Å². The molecule has 0 saturated carbocycles. The Morgan fingerprint density at radius 2 is 1.81 bits per heavy atom. The van der Waals surface area contributed by atoms with Gasteiger partial charge in [-0.25, -0.2) is 0 Å². The molecule has 0 spiro atoms. The summed E-state index contributed by atoms with van der Waals surface area (Å²) < 4.78 is 10.9. The molecule has 1 aromatic carbocycles. The topological polar surface area (TPSA) is 58.1 Å². The highest BCUT2D eigenvalue weighted by Gasteiger charge is 2.02. The smallest absolute Gasteiger partial charge is 0.191 e. The molecule has 2 N–H and O–H groups in total. The highest BCUT2D eigenvalue weighted by atomic mass is 16.5. The van der Waals surface area contributed by atoms with Gasteiger partial charge in [0, 0.05) is 19.1 Å². The third kappa shape index (κ3) is 9.51. The summed E-state index contributed by atoms with van der Waals surface area (Å²) in [5.74, 6) is 2.52. The molecule has 0 aliphatic heterocycles. The summed E-state index contributed by atoms with van der Waals surface area (Å²) in [7, 11) is 3.83. The van der Waals surface area contributed by atoms with Crippen molar-refractivity contribution < 1.29 is 9.47 Å². The number of aliphatic imine (C=N–C) groups is 1. The van der Waals surface area contributed by atoms with Crippen LogP contribution in [0.15, 0.2) is 29.3 Å². The number of hydrogen-bond donors (Lipinski definition) is 2. The van der Waals surface area contributed by atoms with Crippen LogP contribution in [-0.4, -0.2) is 63.8 Å². The molecule has 0 aliphatic rings. The first-order valence-electron chi connectivity index (χ1n) is 9.56. The van der Waals surface area contributed by atoms with Crippen LogP contribution in [0, 0.1) is 0 Å². The van der Waals surface area contributed by atoms with Crippen LogP contribution in [0.3, 0.4) is 0 Å². The van der Waals surface area contributed by atoms with E-state index in [9.17, 15) is 0 Å².